The minimum Gasteiger partial charge on any atom is -0.357 e. The molecule has 0 aromatic rings. The van der Waals surface area contributed by atoms with Crippen molar-refractivity contribution in [1.82, 2.24) is 5.32 Å². The highest BCUT2D eigenvalue weighted by Gasteiger charge is 1.89. The van der Waals surface area contributed by atoms with Crippen LogP contribution in [0.25, 0.3) is 0 Å². The minimum atomic E-state index is 0.0326. The summed E-state index contributed by atoms with van der Waals surface area (Å²) in [6, 6.07) is 0. The maximum absolute atomic E-state index is 9.54. The molecular formula is C4H8ClNO. The van der Waals surface area contributed by atoms with E-state index in [0.29, 0.717) is 13.0 Å². The van der Waals surface area contributed by atoms with E-state index in [-0.39, 0.29) is 5.38 Å². The molecule has 2 nitrogen and oxygen atoms in total. The number of halogens is 1. The number of carbonyl (C=O) groups excluding carboxylic acids is 1. The van der Waals surface area contributed by atoms with Gasteiger partial charge >= 0.3 is 0 Å². The lowest BCUT2D eigenvalue weighted by Crippen LogP contribution is -2.18. The normalized spacial score (nSPS) is 12.9. The Bertz CT molecular complexity index is 55.7. The van der Waals surface area contributed by atoms with E-state index in [1.807, 2.05) is 6.92 Å². The maximum atomic E-state index is 9.54. The van der Waals surface area contributed by atoms with Gasteiger partial charge in [-0.1, -0.05) is 0 Å². The summed E-state index contributed by atoms with van der Waals surface area (Å²) < 4.78 is 0. The smallest absolute Gasteiger partial charge is 0.207 e. The van der Waals surface area contributed by atoms with Gasteiger partial charge in [-0.25, -0.2) is 0 Å². The number of alkyl halides is 1. The molecule has 1 unspecified atom stereocenters. The highest BCUT2D eigenvalue weighted by Crippen LogP contribution is 1.87. The van der Waals surface area contributed by atoms with Crippen molar-refractivity contribution >= 4 is 18.0 Å². The van der Waals surface area contributed by atoms with Gasteiger partial charge in [-0.05, 0) is 6.92 Å². The van der Waals surface area contributed by atoms with Crippen LogP contribution >= 0.6 is 11.6 Å². The molecule has 0 aliphatic heterocycles. The van der Waals surface area contributed by atoms with Crippen LogP contribution in [0, 0.1) is 0 Å². The fraction of sp³-hybridized carbons (Fsp3) is 0.750. The van der Waals surface area contributed by atoms with E-state index in [9.17, 15) is 4.79 Å². The highest BCUT2D eigenvalue weighted by molar-refractivity contribution is 6.20. The van der Waals surface area contributed by atoms with Crippen molar-refractivity contribution in [1.29, 1.82) is 0 Å². The first kappa shape index (κ1) is 6.76. The van der Waals surface area contributed by atoms with E-state index in [2.05, 4.69) is 5.32 Å². The molecule has 7 heavy (non-hydrogen) atoms. The van der Waals surface area contributed by atoms with E-state index >= 15 is 0 Å². The zero-order valence-electron chi connectivity index (χ0n) is 4.15. The summed E-state index contributed by atoms with van der Waals surface area (Å²) in [6.45, 7) is 2.36. The molecule has 1 atom stereocenters. The number of hydrogen-bond donors (Lipinski definition) is 1. The Morgan fingerprint density at radius 3 is 2.71 bits per heavy atom. The van der Waals surface area contributed by atoms with Crippen molar-refractivity contribution < 1.29 is 4.79 Å². The monoisotopic (exact) mass is 121 g/mol. The highest BCUT2D eigenvalue weighted by atomic mass is 35.5. The molecule has 0 saturated heterocycles. The molecule has 0 aliphatic rings. The Morgan fingerprint density at radius 2 is 2.57 bits per heavy atom. The summed E-state index contributed by atoms with van der Waals surface area (Å²) in [5.41, 5.74) is 0. The lowest BCUT2D eigenvalue weighted by molar-refractivity contribution is -0.109. The van der Waals surface area contributed by atoms with Gasteiger partial charge in [0, 0.05) is 11.9 Å². The van der Waals surface area contributed by atoms with Gasteiger partial charge in [0.1, 0.15) is 0 Å². The molecule has 0 saturated carbocycles. The zero-order chi connectivity index (χ0) is 5.70. The van der Waals surface area contributed by atoms with Gasteiger partial charge in [0.05, 0.1) is 0 Å². The number of hydrogen-bond acceptors (Lipinski definition) is 1. The van der Waals surface area contributed by atoms with Crippen LogP contribution in [-0.4, -0.2) is 18.3 Å². The van der Waals surface area contributed by atoms with Crippen LogP contribution in [0.2, 0.25) is 0 Å². The van der Waals surface area contributed by atoms with Crippen LogP contribution in [0.3, 0.4) is 0 Å². The Kier molecular flexibility index (Phi) is 3.80. The first-order valence-electron chi connectivity index (χ1n) is 2.08. The van der Waals surface area contributed by atoms with Gasteiger partial charge in [0.15, 0.2) is 0 Å². The topological polar surface area (TPSA) is 29.1 Å². The summed E-state index contributed by atoms with van der Waals surface area (Å²) in [7, 11) is 0. The summed E-state index contributed by atoms with van der Waals surface area (Å²) in [5, 5.41) is 2.47. The van der Waals surface area contributed by atoms with Gasteiger partial charge < -0.3 is 5.32 Å². The predicted octanol–water partition coefficient (Wildman–Crippen LogP) is 0.360. The second-order valence-electron chi connectivity index (χ2n) is 1.31. The number of carbonyl (C=O) groups is 1. The largest absolute Gasteiger partial charge is 0.357 e. The molecule has 0 radical (unpaired) electrons. The number of nitrogens with one attached hydrogen (secondary N) is 1. The maximum Gasteiger partial charge on any atom is 0.207 e. The lowest BCUT2D eigenvalue weighted by atomic mass is 10.5. The minimum absolute atomic E-state index is 0.0326. The van der Waals surface area contributed by atoms with E-state index in [1.165, 1.54) is 0 Å². The molecule has 42 valence electrons. The van der Waals surface area contributed by atoms with Gasteiger partial charge in [0.25, 0.3) is 0 Å². The number of rotatable bonds is 3. The van der Waals surface area contributed by atoms with Crippen LogP contribution in [0.15, 0.2) is 0 Å². The molecule has 1 amide bonds. The Morgan fingerprint density at radius 1 is 2.00 bits per heavy atom. The quantitative estimate of drug-likeness (QED) is 0.424. The Labute approximate surface area is 47.8 Å². The Hall–Kier alpha value is -0.240. The molecule has 0 rings (SSSR count). The van der Waals surface area contributed by atoms with Gasteiger partial charge in [-0.15, -0.1) is 11.6 Å². The molecule has 1 N–H and O–H groups in total. The fourth-order valence-corrected chi connectivity index (χ4v) is 0.300. The fourth-order valence-electron chi connectivity index (χ4n) is 0.211. The van der Waals surface area contributed by atoms with Crippen molar-refractivity contribution in [3.05, 3.63) is 0 Å². The van der Waals surface area contributed by atoms with Gasteiger partial charge in [-0.3, -0.25) is 4.79 Å². The molecular weight excluding hydrogens is 114 g/mol. The molecule has 0 aliphatic carbocycles. The third-order valence-corrected chi connectivity index (χ3v) is 0.637. The molecule has 0 aromatic heterocycles. The van der Waals surface area contributed by atoms with Crippen molar-refractivity contribution in [3.8, 4) is 0 Å². The first-order chi connectivity index (χ1) is 3.27. The van der Waals surface area contributed by atoms with Crippen LogP contribution in [0.1, 0.15) is 6.92 Å². The van der Waals surface area contributed by atoms with Gasteiger partial charge in [0.2, 0.25) is 6.41 Å². The van der Waals surface area contributed by atoms with Crippen LogP contribution in [-0.2, 0) is 4.79 Å². The zero-order valence-corrected chi connectivity index (χ0v) is 4.90. The third-order valence-electron chi connectivity index (χ3n) is 0.482. The van der Waals surface area contributed by atoms with Crippen LogP contribution in [0.4, 0.5) is 0 Å². The van der Waals surface area contributed by atoms with E-state index in [0.717, 1.165) is 0 Å². The molecule has 0 fully saturated rings. The molecule has 0 aromatic carbocycles. The third kappa shape index (κ3) is 5.76. The molecule has 3 heteroatoms. The lowest BCUT2D eigenvalue weighted by Gasteiger charge is -1.96. The molecule has 0 bridgehead atoms. The van der Waals surface area contributed by atoms with Gasteiger partial charge in [-0.2, -0.15) is 0 Å². The van der Waals surface area contributed by atoms with E-state index in [1.54, 1.807) is 0 Å². The van der Waals surface area contributed by atoms with E-state index < -0.39 is 0 Å². The van der Waals surface area contributed by atoms with Crippen molar-refractivity contribution in [3.63, 3.8) is 0 Å². The van der Waals surface area contributed by atoms with Crippen LogP contribution in [0.5, 0.6) is 0 Å². The summed E-state index contributed by atoms with van der Waals surface area (Å²) >= 11 is 5.44. The van der Waals surface area contributed by atoms with E-state index in [4.69, 9.17) is 11.6 Å². The molecule has 0 spiro atoms. The first-order valence-corrected chi connectivity index (χ1v) is 2.52. The van der Waals surface area contributed by atoms with Crippen LogP contribution < -0.4 is 5.32 Å². The summed E-state index contributed by atoms with van der Waals surface area (Å²) in [5.74, 6) is 0. The standard InChI is InChI=1S/C4H8ClNO/c1-4(5)2-6-3-7/h3-4H,2H2,1H3,(H,6,7). The summed E-state index contributed by atoms with van der Waals surface area (Å²) in [6.07, 6.45) is 0.638. The van der Waals surface area contributed by atoms with Crippen molar-refractivity contribution in [2.45, 2.75) is 12.3 Å². The van der Waals surface area contributed by atoms with Crippen molar-refractivity contribution in [2.75, 3.05) is 6.54 Å². The summed E-state index contributed by atoms with van der Waals surface area (Å²) in [4.78, 5) is 9.54. The second kappa shape index (κ2) is 3.93. The average molecular weight is 122 g/mol. The Balaban J connectivity index is 2.81. The molecule has 0 heterocycles. The number of amides is 1. The SMILES string of the molecule is CC(Cl)CNC=O. The second-order valence-corrected chi connectivity index (χ2v) is 2.05. The predicted molar refractivity (Wildman–Crippen MR) is 29.4 cm³/mol. The van der Waals surface area contributed by atoms with Crippen molar-refractivity contribution in [2.24, 2.45) is 0 Å². The average Bonchev–Trinajstić information content (AvgIpc) is 1.61.